The van der Waals surface area contributed by atoms with Gasteiger partial charge in [-0.3, -0.25) is 9.59 Å². The molecule has 1 aliphatic rings. The smallest absolute Gasteiger partial charge is 0.302 e. The van der Waals surface area contributed by atoms with Crippen LogP contribution in [0.25, 0.3) is 0 Å². The van der Waals surface area contributed by atoms with Gasteiger partial charge in [-0.1, -0.05) is 29.8 Å². The van der Waals surface area contributed by atoms with Gasteiger partial charge in [0.2, 0.25) is 0 Å². The van der Waals surface area contributed by atoms with Gasteiger partial charge in [0.1, 0.15) is 24.2 Å². The number of hydrogen-bond donors (Lipinski definition) is 0. The number of carbonyl (C=O) groups excluding carboxylic acids is 2. The molecule has 1 atom stereocenters. The van der Waals surface area contributed by atoms with E-state index >= 15 is 0 Å². The van der Waals surface area contributed by atoms with E-state index < -0.39 is 6.10 Å². The number of fused-ring (bicyclic) bond motifs is 1. The zero-order chi connectivity index (χ0) is 27.8. The molecule has 4 rings (SSSR count). The molecule has 8 heteroatoms. The van der Waals surface area contributed by atoms with E-state index in [1.165, 1.54) is 12.5 Å². The van der Waals surface area contributed by atoms with E-state index in [4.69, 9.17) is 25.8 Å². The monoisotopic (exact) mass is 539 g/mol. The molecule has 0 unspecified atom stereocenters. The molecule has 0 spiro atoms. The lowest BCUT2D eigenvalue weighted by molar-refractivity contribution is -0.140. The summed E-state index contributed by atoms with van der Waals surface area (Å²) in [7, 11) is 3.22. The first kappa shape index (κ1) is 29.0. The van der Waals surface area contributed by atoms with Crippen molar-refractivity contribution in [2.24, 2.45) is 0 Å². The third-order valence-corrected chi connectivity index (χ3v) is 6.57. The van der Waals surface area contributed by atoms with E-state index in [-0.39, 0.29) is 18.5 Å². The van der Waals surface area contributed by atoms with Crippen LogP contribution in [0.3, 0.4) is 0 Å². The fourth-order valence-corrected chi connectivity index (χ4v) is 4.46. The number of anilines is 1. The lowest BCUT2D eigenvalue weighted by atomic mass is 9.93. The summed E-state index contributed by atoms with van der Waals surface area (Å²) in [5, 5.41) is 0.596. The summed E-state index contributed by atoms with van der Waals surface area (Å²) in [6, 6.07) is 17.3. The van der Waals surface area contributed by atoms with Crippen molar-refractivity contribution in [3.8, 4) is 11.5 Å². The Labute approximate surface area is 229 Å². The maximum atomic E-state index is 13.2. The van der Waals surface area contributed by atoms with E-state index in [1.807, 2.05) is 42.5 Å². The molecule has 0 N–H and O–H groups in total. The van der Waals surface area contributed by atoms with E-state index in [0.717, 1.165) is 27.9 Å². The number of benzene rings is 3. The number of hydrogen-bond acceptors (Lipinski definition) is 6. The molecule has 0 bridgehead atoms. The van der Waals surface area contributed by atoms with Crippen LogP contribution in [0.2, 0.25) is 5.02 Å². The van der Waals surface area contributed by atoms with Crippen LogP contribution in [-0.2, 0) is 25.6 Å². The highest BCUT2D eigenvalue weighted by Gasteiger charge is 2.31. The first-order valence-corrected chi connectivity index (χ1v) is 12.7. The largest absolute Gasteiger partial charge is 0.497 e. The molecule has 1 amide bonds. The third-order valence-electron chi connectivity index (χ3n) is 6.34. The van der Waals surface area contributed by atoms with Gasteiger partial charge in [-0.2, -0.15) is 0 Å². The summed E-state index contributed by atoms with van der Waals surface area (Å²) < 4.78 is 21.4. The summed E-state index contributed by atoms with van der Waals surface area (Å²) >= 11 is 6.39. The average Bonchev–Trinajstić information content (AvgIpc) is 3.02. The van der Waals surface area contributed by atoms with E-state index in [2.05, 4.69) is 24.7 Å². The highest BCUT2D eigenvalue weighted by atomic mass is 35.5. The zero-order valence-electron chi connectivity index (χ0n) is 22.7. The van der Waals surface area contributed by atoms with Crippen LogP contribution in [-0.4, -0.2) is 39.3 Å². The first-order chi connectivity index (χ1) is 18.2. The molecule has 202 valence electrons. The molecule has 1 heterocycles. The molecule has 0 aliphatic carbocycles. The van der Waals surface area contributed by atoms with Crippen molar-refractivity contribution in [2.45, 2.75) is 40.3 Å². The predicted molar refractivity (Wildman–Crippen MR) is 148 cm³/mol. The van der Waals surface area contributed by atoms with Crippen LogP contribution in [0.5, 0.6) is 11.5 Å². The first-order valence-electron chi connectivity index (χ1n) is 12.3. The molecular weight excluding hydrogens is 506 g/mol. The molecule has 0 saturated heterocycles. The molecule has 38 heavy (non-hydrogen) atoms. The standard InChI is InChI=1S/C26H26ClNO4.C4H8O2/c1-16-6-5-7-21(17(16)2)26-22-12-19(27)9-11-23(22)28(25(29)15-32-26)14-18-8-10-20(30-3)13-24(18)31-4;1-3-6-4(2)5/h5-13,26H,14-15H2,1-4H3;3H2,1-2H3/t26-;/m1./s1. The number of carbonyl (C=O) groups is 2. The fourth-order valence-electron chi connectivity index (χ4n) is 4.28. The number of halogens is 1. The van der Waals surface area contributed by atoms with Gasteiger partial charge in [0.05, 0.1) is 33.1 Å². The van der Waals surface area contributed by atoms with Gasteiger partial charge in [0, 0.05) is 29.1 Å². The third kappa shape index (κ3) is 6.85. The second kappa shape index (κ2) is 13.3. The van der Waals surface area contributed by atoms with Crippen molar-refractivity contribution in [3.63, 3.8) is 0 Å². The Morgan fingerprint density at radius 1 is 1.05 bits per heavy atom. The van der Waals surface area contributed by atoms with Gasteiger partial charge in [-0.25, -0.2) is 0 Å². The highest BCUT2D eigenvalue weighted by molar-refractivity contribution is 6.30. The summed E-state index contributed by atoms with van der Waals surface area (Å²) in [4.78, 5) is 24.8. The Kier molecular flexibility index (Phi) is 10.2. The van der Waals surface area contributed by atoms with E-state index in [9.17, 15) is 9.59 Å². The minimum absolute atomic E-state index is 0.0389. The summed E-state index contributed by atoms with van der Waals surface area (Å²) in [5.74, 6) is 1.01. The Hall–Kier alpha value is -3.55. The Balaban J connectivity index is 0.000000599. The van der Waals surface area contributed by atoms with Crippen molar-refractivity contribution in [2.75, 3.05) is 32.3 Å². The summed E-state index contributed by atoms with van der Waals surface area (Å²) in [6.07, 6.45) is -0.393. The summed E-state index contributed by atoms with van der Waals surface area (Å²) in [5.41, 5.74) is 5.86. The minimum Gasteiger partial charge on any atom is -0.497 e. The van der Waals surface area contributed by atoms with Crippen LogP contribution in [0.1, 0.15) is 47.8 Å². The van der Waals surface area contributed by atoms with Crippen molar-refractivity contribution in [3.05, 3.63) is 87.4 Å². The van der Waals surface area contributed by atoms with Gasteiger partial charge in [-0.15, -0.1) is 0 Å². The zero-order valence-corrected chi connectivity index (χ0v) is 23.4. The van der Waals surface area contributed by atoms with Gasteiger partial charge in [-0.05, 0) is 67.8 Å². The van der Waals surface area contributed by atoms with Gasteiger partial charge in [0.15, 0.2) is 0 Å². The molecule has 0 fully saturated rings. The minimum atomic E-state index is -0.393. The van der Waals surface area contributed by atoms with Crippen LogP contribution in [0, 0.1) is 13.8 Å². The molecule has 7 nitrogen and oxygen atoms in total. The maximum absolute atomic E-state index is 13.2. The lowest BCUT2D eigenvalue weighted by Crippen LogP contribution is -2.32. The van der Waals surface area contributed by atoms with Gasteiger partial charge in [0.25, 0.3) is 5.91 Å². The Morgan fingerprint density at radius 3 is 2.45 bits per heavy atom. The molecular formula is C30H34ClNO6. The number of ether oxygens (including phenoxy) is 4. The Morgan fingerprint density at radius 2 is 1.82 bits per heavy atom. The number of esters is 1. The highest BCUT2D eigenvalue weighted by Crippen LogP contribution is 2.40. The number of aryl methyl sites for hydroxylation is 1. The SMILES string of the molecule is CCOC(C)=O.COc1ccc(CN2C(=O)CO[C@H](c3cccc(C)c3C)c3cc(Cl)ccc32)c(OC)c1. The number of methoxy groups -OCH3 is 2. The van der Waals surface area contributed by atoms with Gasteiger partial charge < -0.3 is 23.8 Å². The maximum Gasteiger partial charge on any atom is 0.302 e. The lowest BCUT2D eigenvalue weighted by Gasteiger charge is -2.25. The van der Waals surface area contributed by atoms with Crippen LogP contribution < -0.4 is 14.4 Å². The topological polar surface area (TPSA) is 74.3 Å². The molecule has 0 aromatic heterocycles. The Bertz CT molecular complexity index is 1290. The molecule has 0 saturated carbocycles. The molecule has 0 radical (unpaired) electrons. The van der Waals surface area contributed by atoms with Crippen molar-refractivity contribution < 1.29 is 28.5 Å². The normalized spacial score (nSPS) is 14.6. The average molecular weight is 540 g/mol. The quantitative estimate of drug-likeness (QED) is 0.347. The second-order valence-electron chi connectivity index (χ2n) is 8.77. The molecule has 3 aromatic rings. The molecule has 3 aromatic carbocycles. The molecule has 1 aliphatic heterocycles. The number of rotatable bonds is 6. The van der Waals surface area contributed by atoms with Crippen LogP contribution in [0.15, 0.2) is 54.6 Å². The predicted octanol–water partition coefficient (Wildman–Crippen LogP) is 6.20. The van der Waals surface area contributed by atoms with Crippen LogP contribution in [0.4, 0.5) is 5.69 Å². The summed E-state index contributed by atoms with van der Waals surface area (Å²) in [6.45, 7) is 8.10. The second-order valence-corrected chi connectivity index (χ2v) is 9.20. The van der Waals surface area contributed by atoms with Crippen molar-refractivity contribution in [1.29, 1.82) is 0 Å². The van der Waals surface area contributed by atoms with Gasteiger partial charge >= 0.3 is 5.97 Å². The van der Waals surface area contributed by atoms with Crippen molar-refractivity contribution in [1.82, 2.24) is 0 Å². The number of nitrogens with zero attached hydrogens (tertiary/aromatic N) is 1. The fraction of sp³-hybridized carbons (Fsp3) is 0.333. The van der Waals surface area contributed by atoms with E-state index in [1.54, 1.807) is 32.1 Å². The van der Waals surface area contributed by atoms with Crippen molar-refractivity contribution >= 4 is 29.2 Å². The van der Waals surface area contributed by atoms with E-state index in [0.29, 0.717) is 29.7 Å². The number of amides is 1. The van der Waals surface area contributed by atoms with Crippen LogP contribution >= 0.6 is 11.6 Å².